The second kappa shape index (κ2) is 5.88. The minimum atomic E-state index is -0.982. The Morgan fingerprint density at radius 1 is 1.60 bits per heavy atom. The zero-order valence-electron chi connectivity index (χ0n) is 9.69. The van der Waals surface area contributed by atoms with Gasteiger partial charge in [-0.05, 0) is 33.6 Å². The number of carbonyl (C=O) groups is 1. The molecule has 0 saturated heterocycles. The summed E-state index contributed by atoms with van der Waals surface area (Å²) in [7, 11) is 0. The van der Waals surface area contributed by atoms with Crippen LogP contribution in [-0.2, 0) is 9.53 Å². The van der Waals surface area contributed by atoms with Crippen LogP contribution in [0.2, 0.25) is 0 Å². The minimum absolute atomic E-state index is 0.421. The number of rotatable bonds is 5. The lowest BCUT2D eigenvalue weighted by Crippen LogP contribution is -2.45. The highest BCUT2D eigenvalue weighted by atomic mass is 16.6. The van der Waals surface area contributed by atoms with Crippen LogP contribution in [0.1, 0.15) is 33.6 Å². The summed E-state index contributed by atoms with van der Waals surface area (Å²) in [6.45, 7) is 8.80. The number of esters is 1. The van der Waals surface area contributed by atoms with E-state index >= 15 is 0 Å². The molecule has 2 unspecified atom stereocenters. The summed E-state index contributed by atoms with van der Waals surface area (Å²) in [4.78, 5) is 11.4. The lowest BCUT2D eigenvalue weighted by molar-refractivity contribution is -0.159. The van der Waals surface area contributed by atoms with Gasteiger partial charge in [-0.15, -0.1) is 6.58 Å². The third-order valence-corrected chi connectivity index (χ3v) is 1.76. The number of hydrogen-bond donors (Lipinski definition) is 2. The molecule has 0 aliphatic heterocycles. The molecule has 0 spiro atoms. The first-order valence-corrected chi connectivity index (χ1v) is 5.05. The Labute approximate surface area is 91.1 Å². The van der Waals surface area contributed by atoms with Gasteiger partial charge in [0.15, 0.2) is 0 Å². The van der Waals surface area contributed by atoms with Gasteiger partial charge in [0.25, 0.3) is 0 Å². The van der Waals surface area contributed by atoms with Crippen molar-refractivity contribution in [2.75, 3.05) is 0 Å². The first-order chi connectivity index (χ1) is 6.78. The normalized spacial score (nSPS) is 15.5. The Kier molecular flexibility index (Phi) is 5.54. The summed E-state index contributed by atoms with van der Waals surface area (Å²) in [6, 6.07) is -0.982. The largest absolute Gasteiger partial charge is 0.459 e. The van der Waals surface area contributed by atoms with Gasteiger partial charge in [0, 0.05) is 0 Å². The Balaban J connectivity index is 4.13. The predicted molar refractivity (Wildman–Crippen MR) is 59.3 cm³/mol. The standard InChI is InChI=1S/C11H21NO3/c1-5-6-7-8(13)9(12)10(14)15-11(2,3)4/h5,8-9,13H,1,6-7,12H2,2-4H3. The SMILES string of the molecule is C=CCCC(O)C(N)C(=O)OC(C)(C)C. The molecule has 15 heavy (non-hydrogen) atoms. The molecule has 2 atom stereocenters. The van der Waals surface area contributed by atoms with Crippen LogP contribution < -0.4 is 5.73 Å². The van der Waals surface area contributed by atoms with Crippen LogP contribution in [0.4, 0.5) is 0 Å². The van der Waals surface area contributed by atoms with E-state index in [1.165, 1.54) is 0 Å². The Hall–Kier alpha value is -0.870. The third kappa shape index (κ3) is 6.25. The number of hydrogen-bond acceptors (Lipinski definition) is 4. The summed E-state index contributed by atoms with van der Waals surface area (Å²) < 4.78 is 5.05. The minimum Gasteiger partial charge on any atom is -0.459 e. The lowest BCUT2D eigenvalue weighted by Gasteiger charge is -2.24. The number of aliphatic hydroxyl groups excluding tert-OH is 1. The second-order valence-electron chi connectivity index (χ2n) is 4.49. The second-order valence-corrected chi connectivity index (χ2v) is 4.49. The molecule has 0 aliphatic carbocycles. The van der Waals surface area contributed by atoms with Crippen molar-refractivity contribution in [2.45, 2.75) is 51.4 Å². The molecule has 3 N–H and O–H groups in total. The van der Waals surface area contributed by atoms with Gasteiger partial charge in [0.2, 0.25) is 0 Å². The van der Waals surface area contributed by atoms with Gasteiger partial charge in [0.1, 0.15) is 11.6 Å². The average Bonchev–Trinajstić information content (AvgIpc) is 2.10. The quantitative estimate of drug-likeness (QED) is 0.529. The van der Waals surface area contributed by atoms with Crippen LogP contribution in [0.15, 0.2) is 12.7 Å². The Morgan fingerprint density at radius 2 is 2.13 bits per heavy atom. The highest BCUT2D eigenvalue weighted by Crippen LogP contribution is 2.10. The molecule has 0 fully saturated rings. The first-order valence-electron chi connectivity index (χ1n) is 5.05. The van der Waals surface area contributed by atoms with E-state index in [1.807, 2.05) is 0 Å². The molecular weight excluding hydrogens is 194 g/mol. The van der Waals surface area contributed by atoms with Gasteiger partial charge in [-0.25, -0.2) is 0 Å². The Morgan fingerprint density at radius 3 is 2.53 bits per heavy atom. The van der Waals surface area contributed by atoms with Crippen molar-refractivity contribution in [3.63, 3.8) is 0 Å². The topological polar surface area (TPSA) is 72.5 Å². The zero-order chi connectivity index (χ0) is 12.1. The van der Waals surface area contributed by atoms with Gasteiger partial charge >= 0.3 is 5.97 Å². The van der Waals surface area contributed by atoms with Gasteiger partial charge < -0.3 is 15.6 Å². The van der Waals surface area contributed by atoms with E-state index < -0.39 is 23.7 Å². The molecule has 0 bridgehead atoms. The van der Waals surface area contributed by atoms with Gasteiger partial charge in [-0.2, -0.15) is 0 Å². The number of allylic oxidation sites excluding steroid dienone is 1. The van der Waals surface area contributed by atoms with Gasteiger partial charge in [-0.3, -0.25) is 4.79 Å². The van der Waals surface area contributed by atoms with Crippen molar-refractivity contribution >= 4 is 5.97 Å². The monoisotopic (exact) mass is 215 g/mol. The molecule has 0 radical (unpaired) electrons. The molecule has 0 aromatic carbocycles. The fourth-order valence-electron chi connectivity index (χ4n) is 0.995. The maximum absolute atomic E-state index is 11.4. The van der Waals surface area contributed by atoms with E-state index in [0.29, 0.717) is 12.8 Å². The highest BCUT2D eigenvalue weighted by molar-refractivity contribution is 5.76. The molecule has 0 saturated carbocycles. The average molecular weight is 215 g/mol. The van der Waals surface area contributed by atoms with Crippen molar-refractivity contribution in [3.05, 3.63) is 12.7 Å². The summed E-state index contributed by atoms with van der Waals surface area (Å²) in [5.74, 6) is -0.570. The predicted octanol–water partition coefficient (Wildman–Crippen LogP) is 0.982. The zero-order valence-corrected chi connectivity index (χ0v) is 9.69. The number of nitrogens with two attached hydrogens (primary N) is 1. The van der Waals surface area contributed by atoms with E-state index in [4.69, 9.17) is 10.5 Å². The molecule has 4 heteroatoms. The third-order valence-electron chi connectivity index (χ3n) is 1.76. The maximum atomic E-state index is 11.4. The van der Waals surface area contributed by atoms with E-state index in [0.717, 1.165) is 0 Å². The lowest BCUT2D eigenvalue weighted by atomic mass is 10.1. The van der Waals surface area contributed by atoms with Crippen molar-refractivity contribution in [2.24, 2.45) is 5.73 Å². The summed E-state index contributed by atoms with van der Waals surface area (Å²) in [5.41, 5.74) is 4.97. The number of ether oxygens (including phenoxy) is 1. The van der Waals surface area contributed by atoms with Crippen molar-refractivity contribution < 1.29 is 14.6 Å². The van der Waals surface area contributed by atoms with Crippen LogP contribution in [0.25, 0.3) is 0 Å². The van der Waals surface area contributed by atoms with Crippen LogP contribution in [0.5, 0.6) is 0 Å². The highest BCUT2D eigenvalue weighted by Gasteiger charge is 2.27. The number of carbonyl (C=O) groups excluding carboxylic acids is 1. The molecular formula is C11H21NO3. The smallest absolute Gasteiger partial charge is 0.326 e. The maximum Gasteiger partial charge on any atom is 0.326 e. The van der Waals surface area contributed by atoms with Crippen LogP contribution in [0, 0.1) is 0 Å². The molecule has 0 aromatic rings. The van der Waals surface area contributed by atoms with E-state index in [2.05, 4.69) is 6.58 Å². The van der Waals surface area contributed by atoms with Crippen molar-refractivity contribution in [1.82, 2.24) is 0 Å². The fourth-order valence-corrected chi connectivity index (χ4v) is 0.995. The summed E-state index contributed by atoms with van der Waals surface area (Å²) in [5, 5.41) is 9.54. The van der Waals surface area contributed by atoms with Crippen LogP contribution in [0.3, 0.4) is 0 Å². The molecule has 88 valence electrons. The molecule has 0 amide bonds. The van der Waals surface area contributed by atoms with E-state index in [-0.39, 0.29) is 0 Å². The molecule has 0 rings (SSSR count). The van der Waals surface area contributed by atoms with Crippen LogP contribution in [-0.4, -0.2) is 28.8 Å². The molecule has 4 nitrogen and oxygen atoms in total. The fraction of sp³-hybridized carbons (Fsp3) is 0.727. The van der Waals surface area contributed by atoms with Crippen molar-refractivity contribution in [3.8, 4) is 0 Å². The van der Waals surface area contributed by atoms with E-state index in [1.54, 1.807) is 26.8 Å². The molecule has 0 aliphatic rings. The molecule has 0 aromatic heterocycles. The summed E-state index contributed by atoms with van der Waals surface area (Å²) >= 11 is 0. The van der Waals surface area contributed by atoms with Crippen molar-refractivity contribution in [1.29, 1.82) is 0 Å². The van der Waals surface area contributed by atoms with Crippen LogP contribution >= 0.6 is 0 Å². The first kappa shape index (κ1) is 14.1. The number of aliphatic hydroxyl groups is 1. The Bertz CT molecular complexity index is 220. The summed E-state index contributed by atoms with van der Waals surface area (Å²) in [6.07, 6.45) is 1.84. The molecule has 0 heterocycles. The van der Waals surface area contributed by atoms with E-state index in [9.17, 15) is 9.90 Å². The van der Waals surface area contributed by atoms with Gasteiger partial charge in [-0.1, -0.05) is 6.08 Å². The van der Waals surface area contributed by atoms with Gasteiger partial charge in [0.05, 0.1) is 6.10 Å².